The number of urea groups is 1. The number of non-ortho nitro benzene ring substituents is 1. The molecular weight excluding hydrogens is 404 g/mol. The zero-order valence-corrected chi connectivity index (χ0v) is 17.8. The van der Waals surface area contributed by atoms with Crippen LogP contribution in [-0.2, 0) is 20.7 Å². The second kappa shape index (κ2) is 7.60. The van der Waals surface area contributed by atoms with E-state index in [1.165, 1.54) is 12.1 Å². The molecule has 1 spiro atoms. The third-order valence-electron chi connectivity index (χ3n) is 6.47. The first kappa shape index (κ1) is 21.2. The molecule has 3 heterocycles. The Bertz CT molecular complexity index is 965. The molecule has 0 unspecified atom stereocenters. The topological polar surface area (TPSA) is 122 Å². The Hall–Kier alpha value is -3.01. The zero-order chi connectivity index (χ0) is 22.5. The average molecular weight is 430 g/mol. The molecule has 3 aliphatic rings. The molecule has 1 aromatic carbocycles. The van der Waals surface area contributed by atoms with Gasteiger partial charge in [0.25, 0.3) is 5.69 Å². The highest BCUT2D eigenvalue weighted by Gasteiger charge is 2.64. The Morgan fingerprint density at radius 2 is 2.03 bits per heavy atom. The summed E-state index contributed by atoms with van der Waals surface area (Å²) in [6.07, 6.45) is 0.725. The van der Waals surface area contributed by atoms with Gasteiger partial charge in [0, 0.05) is 37.3 Å². The first-order valence-corrected chi connectivity index (χ1v) is 10.6. The molecule has 166 valence electrons. The normalized spacial score (nSPS) is 30.2. The van der Waals surface area contributed by atoms with E-state index in [4.69, 9.17) is 4.74 Å². The molecule has 0 bridgehead atoms. The van der Waals surface area contributed by atoms with Gasteiger partial charge in [-0.3, -0.25) is 29.9 Å². The summed E-state index contributed by atoms with van der Waals surface area (Å²) in [5, 5.41) is 13.7. The van der Waals surface area contributed by atoms with Crippen LogP contribution in [0.3, 0.4) is 0 Å². The fourth-order valence-corrected chi connectivity index (χ4v) is 5.20. The smallest absolute Gasteiger partial charge is 0.330 e. The number of hydrogen-bond donors (Lipinski definition) is 1. The van der Waals surface area contributed by atoms with Gasteiger partial charge in [-0.05, 0) is 31.9 Å². The Morgan fingerprint density at radius 3 is 2.71 bits per heavy atom. The maximum atomic E-state index is 13.8. The van der Waals surface area contributed by atoms with Gasteiger partial charge < -0.3 is 9.64 Å². The van der Waals surface area contributed by atoms with Gasteiger partial charge in [0.05, 0.1) is 23.2 Å². The highest BCUT2D eigenvalue weighted by atomic mass is 16.6. The summed E-state index contributed by atoms with van der Waals surface area (Å²) in [5.74, 6) is -1.24. The van der Waals surface area contributed by atoms with Gasteiger partial charge in [0.1, 0.15) is 0 Å². The number of nitrogens with zero attached hydrogens (tertiary/aromatic N) is 3. The van der Waals surface area contributed by atoms with Crippen molar-refractivity contribution in [3.63, 3.8) is 0 Å². The lowest BCUT2D eigenvalue weighted by Crippen LogP contribution is -2.75. The highest BCUT2D eigenvalue weighted by molar-refractivity contribution is 6.20. The minimum Gasteiger partial charge on any atom is -0.372 e. The van der Waals surface area contributed by atoms with Crippen LogP contribution < -0.4 is 10.2 Å². The molecule has 10 nitrogen and oxygen atoms in total. The van der Waals surface area contributed by atoms with Crippen LogP contribution in [0.4, 0.5) is 16.2 Å². The summed E-state index contributed by atoms with van der Waals surface area (Å²) < 4.78 is 6.01. The molecule has 2 saturated heterocycles. The number of benzene rings is 1. The van der Waals surface area contributed by atoms with Gasteiger partial charge in [-0.25, -0.2) is 4.79 Å². The van der Waals surface area contributed by atoms with E-state index in [-0.39, 0.29) is 24.8 Å². The van der Waals surface area contributed by atoms with Crippen molar-refractivity contribution in [2.24, 2.45) is 5.41 Å². The number of barbiturate groups is 1. The van der Waals surface area contributed by atoms with Gasteiger partial charge in [-0.1, -0.05) is 13.3 Å². The SMILES string of the molecule is CCCCN1C(=O)NC(=O)[C@]2(Cc3cc([N+](=O)[O-])ccc3N3C[C@H](C)O[C@@H](C)[C@H]32)C1=O. The van der Waals surface area contributed by atoms with E-state index in [0.717, 1.165) is 17.0 Å². The van der Waals surface area contributed by atoms with Crippen molar-refractivity contribution in [3.8, 4) is 0 Å². The Balaban J connectivity index is 1.88. The minimum absolute atomic E-state index is 0.0339. The largest absolute Gasteiger partial charge is 0.372 e. The second-order valence-corrected chi connectivity index (χ2v) is 8.54. The van der Waals surface area contributed by atoms with Gasteiger partial charge >= 0.3 is 6.03 Å². The molecule has 0 saturated carbocycles. The van der Waals surface area contributed by atoms with E-state index in [1.807, 2.05) is 25.7 Å². The maximum Gasteiger partial charge on any atom is 0.330 e. The molecule has 4 amide bonds. The van der Waals surface area contributed by atoms with E-state index in [9.17, 15) is 24.5 Å². The van der Waals surface area contributed by atoms with E-state index < -0.39 is 40.3 Å². The van der Waals surface area contributed by atoms with Crippen molar-refractivity contribution in [1.82, 2.24) is 10.2 Å². The molecule has 31 heavy (non-hydrogen) atoms. The Morgan fingerprint density at radius 1 is 1.29 bits per heavy atom. The number of carbonyl (C=O) groups is 3. The molecular formula is C21H26N4O6. The summed E-state index contributed by atoms with van der Waals surface area (Å²) in [7, 11) is 0. The average Bonchev–Trinajstić information content (AvgIpc) is 2.71. The van der Waals surface area contributed by atoms with Crippen molar-refractivity contribution < 1.29 is 24.0 Å². The van der Waals surface area contributed by atoms with Gasteiger partial charge in [-0.15, -0.1) is 0 Å². The van der Waals surface area contributed by atoms with Crippen LogP contribution in [0.5, 0.6) is 0 Å². The number of unbranched alkanes of at least 4 members (excludes halogenated alkanes) is 1. The maximum absolute atomic E-state index is 13.8. The van der Waals surface area contributed by atoms with Crippen LogP contribution in [0, 0.1) is 15.5 Å². The van der Waals surface area contributed by atoms with E-state index in [0.29, 0.717) is 18.5 Å². The molecule has 4 rings (SSSR count). The molecule has 4 atom stereocenters. The Kier molecular flexibility index (Phi) is 5.20. The summed E-state index contributed by atoms with van der Waals surface area (Å²) in [5.41, 5.74) is -0.422. The zero-order valence-electron chi connectivity index (χ0n) is 17.8. The number of nitrogens with one attached hydrogen (secondary N) is 1. The van der Waals surface area contributed by atoms with E-state index >= 15 is 0 Å². The number of anilines is 1. The predicted molar refractivity (Wildman–Crippen MR) is 111 cm³/mol. The van der Waals surface area contributed by atoms with Crippen LogP contribution in [-0.4, -0.2) is 59.0 Å². The number of hydrogen-bond acceptors (Lipinski definition) is 7. The highest BCUT2D eigenvalue weighted by Crippen LogP contribution is 2.48. The first-order chi connectivity index (χ1) is 14.7. The molecule has 0 aliphatic carbocycles. The van der Waals surface area contributed by atoms with Crippen molar-refractivity contribution >= 4 is 29.2 Å². The van der Waals surface area contributed by atoms with Gasteiger partial charge in [0.15, 0.2) is 5.41 Å². The molecule has 2 fully saturated rings. The third kappa shape index (κ3) is 3.16. The quantitative estimate of drug-likeness (QED) is 0.440. The number of imide groups is 2. The lowest BCUT2D eigenvalue weighted by atomic mass is 9.66. The number of nitro benzene ring substituents is 1. The standard InChI is InChI=1S/C21H26N4O6/c1-4-5-8-23-19(27)21(18(26)22-20(23)28)10-14-9-15(25(29)30)6-7-16(14)24-11-12(2)31-13(3)17(21)24/h6-7,9,12-13,17H,4-5,8,10-11H2,1-3H3,(H,22,26,28)/t12-,13-,17-,21+/m0/s1. The molecule has 10 heteroatoms. The van der Waals surface area contributed by atoms with Gasteiger partial charge in [-0.2, -0.15) is 0 Å². The van der Waals surface area contributed by atoms with E-state index in [1.54, 1.807) is 6.07 Å². The van der Waals surface area contributed by atoms with E-state index in [2.05, 4.69) is 5.32 Å². The number of ether oxygens (including phenoxy) is 1. The summed E-state index contributed by atoms with van der Waals surface area (Å²) in [6, 6.07) is 3.17. The Labute approximate surface area is 179 Å². The molecule has 0 radical (unpaired) electrons. The molecule has 1 N–H and O–H groups in total. The number of amides is 4. The lowest BCUT2D eigenvalue weighted by molar-refractivity contribution is -0.384. The van der Waals surface area contributed by atoms with Crippen LogP contribution in [0.1, 0.15) is 39.2 Å². The lowest BCUT2D eigenvalue weighted by Gasteiger charge is -2.56. The van der Waals surface area contributed by atoms with Crippen LogP contribution in [0.15, 0.2) is 18.2 Å². The summed E-state index contributed by atoms with van der Waals surface area (Å²) in [6.45, 7) is 6.29. The van der Waals surface area contributed by atoms with Crippen LogP contribution >= 0.6 is 0 Å². The number of fused-ring (bicyclic) bond motifs is 4. The van der Waals surface area contributed by atoms with Crippen LogP contribution in [0.2, 0.25) is 0 Å². The predicted octanol–water partition coefficient (Wildman–Crippen LogP) is 2.00. The molecule has 3 aliphatic heterocycles. The van der Waals surface area contributed by atoms with Crippen LogP contribution in [0.25, 0.3) is 0 Å². The number of carbonyl (C=O) groups excluding carboxylic acids is 3. The fraction of sp³-hybridized carbons (Fsp3) is 0.571. The number of morpholine rings is 1. The van der Waals surface area contributed by atoms with Crippen molar-refractivity contribution in [3.05, 3.63) is 33.9 Å². The summed E-state index contributed by atoms with van der Waals surface area (Å²) >= 11 is 0. The minimum atomic E-state index is -1.61. The summed E-state index contributed by atoms with van der Waals surface area (Å²) in [4.78, 5) is 53.5. The van der Waals surface area contributed by atoms with Gasteiger partial charge in [0.2, 0.25) is 11.8 Å². The molecule has 1 aromatic rings. The van der Waals surface area contributed by atoms with Crippen molar-refractivity contribution in [2.45, 2.75) is 58.3 Å². The third-order valence-corrected chi connectivity index (χ3v) is 6.47. The van der Waals surface area contributed by atoms with Crippen molar-refractivity contribution in [1.29, 1.82) is 0 Å². The molecule has 0 aromatic heterocycles. The second-order valence-electron chi connectivity index (χ2n) is 8.54. The monoisotopic (exact) mass is 430 g/mol. The number of nitro groups is 1. The first-order valence-electron chi connectivity index (χ1n) is 10.6. The number of rotatable bonds is 4. The fourth-order valence-electron chi connectivity index (χ4n) is 5.20. The van der Waals surface area contributed by atoms with Crippen molar-refractivity contribution in [2.75, 3.05) is 18.0 Å².